The largest absolute Gasteiger partial charge is 0.494 e. The Balaban J connectivity index is 1.86. The standard InChI is InChI=1S/C27H26N2O3/c1-4-28(21-9-7-6-8-10-21)25-24(20-13-17-23(18-14-20)32-5-2)26(30)29(27(25)31)22-15-11-19(3)12-16-22/h6-18H,4-5H2,1-3H3. The average molecular weight is 427 g/mol. The molecule has 4 rings (SSSR count). The lowest BCUT2D eigenvalue weighted by Crippen LogP contribution is -2.35. The van der Waals surface area contributed by atoms with Gasteiger partial charge in [-0.1, -0.05) is 48.0 Å². The second-order valence-corrected chi connectivity index (χ2v) is 7.54. The molecule has 3 aromatic rings. The molecule has 0 N–H and O–H groups in total. The van der Waals surface area contributed by atoms with Crippen molar-refractivity contribution in [2.75, 3.05) is 23.0 Å². The highest BCUT2D eigenvalue weighted by atomic mass is 16.5. The van der Waals surface area contributed by atoms with Gasteiger partial charge in [-0.2, -0.15) is 0 Å². The summed E-state index contributed by atoms with van der Waals surface area (Å²) in [6, 6.07) is 24.4. The number of aryl methyl sites for hydroxylation is 1. The van der Waals surface area contributed by atoms with Crippen LogP contribution in [0.25, 0.3) is 5.57 Å². The van der Waals surface area contributed by atoms with Gasteiger partial charge in [0.05, 0.1) is 17.9 Å². The second-order valence-electron chi connectivity index (χ2n) is 7.54. The summed E-state index contributed by atoms with van der Waals surface area (Å²) in [7, 11) is 0. The van der Waals surface area contributed by atoms with Gasteiger partial charge in [-0.3, -0.25) is 9.59 Å². The first kappa shape index (κ1) is 21.4. The maximum absolute atomic E-state index is 13.7. The van der Waals surface area contributed by atoms with E-state index in [0.29, 0.717) is 35.7 Å². The molecule has 5 nitrogen and oxygen atoms in total. The van der Waals surface area contributed by atoms with Crippen molar-refractivity contribution in [2.45, 2.75) is 20.8 Å². The molecule has 0 saturated carbocycles. The molecule has 0 fully saturated rings. The van der Waals surface area contributed by atoms with Crippen LogP contribution in [0.3, 0.4) is 0 Å². The van der Waals surface area contributed by atoms with Crippen molar-refractivity contribution in [3.8, 4) is 5.75 Å². The highest BCUT2D eigenvalue weighted by molar-refractivity contribution is 6.46. The van der Waals surface area contributed by atoms with Crippen LogP contribution < -0.4 is 14.5 Å². The van der Waals surface area contributed by atoms with Crippen molar-refractivity contribution in [3.05, 3.63) is 95.7 Å². The predicted molar refractivity (Wildman–Crippen MR) is 128 cm³/mol. The van der Waals surface area contributed by atoms with Crippen molar-refractivity contribution in [3.63, 3.8) is 0 Å². The zero-order chi connectivity index (χ0) is 22.7. The lowest BCUT2D eigenvalue weighted by Gasteiger charge is -2.25. The molecule has 0 radical (unpaired) electrons. The quantitative estimate of drug-likeness (QED) is 0.487. The van der Waals surface area contributed by atoms with Crippen LogP contribution in [-0.2, 0) is 9.59 Å². The first-order chi connectivity index (χ1) is 15.5. The molecule has 162 valence electrons. The maximum atomic E-state index is 13.7. The number of rotatable bonds is 7. The SMILES string of the molecule is CCOc1ccc(C2=C(N(CC)c3ccccc3)C(=O)N(c3ccc(C)cc3)C2=O)cc1. The van der Waals surface area contributed by atoms with Crippen LogP contribution in [0.5, 0.6) is 5.75 Å². The van der Waals surface area contributed by atoms with E-state index in [0.717, 1.165) is 17.0 Å². The normalized spacial score (nSPS) is 13.7. The summed E-state index contributed by atoms with van der Waals surface area (Å²) in [6.45, 7) is 6.97. The summed E-state index contributed by atoms with van der Waals surface area (Å²) in [5.74, 6) is 0.0711. The number of hydrogen-bond donors (Lipinski definition) is 0. The van der Waals surface area contributed by atoms with E-state index in [9.17, 15) is 9.59 Å². The number of hydrogen-bond acceptors (Lipinski definition) is 4. The van der Waals surface area contributed by atoms with Gasteiger partial charge in [0.2, 0.25) is 0 Å². The van der Waals surface area contributed by atoms with E-state index in [2.05, 4.69) is 0 Å². The predicted octanol–water partition coefficient (Wildman–Crippen LogP) is 5.20. The molecule has 0 aromatic heterocycles. The van der Waals surface area contributed by atoms with E-state index in [4.69, 9.17) is 4.74 Å². The number of carbonyl (C=O) groups is 2. The number of para-hydroxylation sites is 1. The van der Waals surface area contributed by atoms with E-state index in [1.807, 2.05) is 105 Å². The molecule has 1 aliphatic heterocycles. The Kier molecular flexibility index (Phi) is 6.08. The molecule has 0 spiro atoms. The smallest absolute Gasteiger partial charge is 0.282 e. The molecule has 3 aromatic carbocycles. The van der Waals surface area contributed by atoms with Crippen LogP contribution in [0.15, 0.2) is 84.6 Å². The van der Waals surface area contributed by atoms with Crippen LogP contribution in [0.1, 0.15) is 25.0 Å². The fraction of sp³-hybridized carbons (Fsp3) is 0.185. The highest BCUT2D eigenvalue weighted by Gasteiger charge is 2.42. The molecule has 0 bridgehead atoms. The lowest BCUT2D eigenvalue weighted by atomic mass is 10.0. The highest BCUT2D eigenvalue weighted by Crippen LogP contribution is 2.37. The van der Waals surface area contributed by atoms with Crippen molar-refractivity contribution in [1.82, 2.24) is 0 Å². The van der Waals surface area contributed by atoms with Gasteiger partial charge in [-0.15, -0.1) is 0 Å². The van der Waals surface area contributed by atoms with Crippen LogP contribution in [-0.4, -0.2) is 25.0 Å². The Morgan fingerprint density at radius 3 is 2.06 bits per heavy atom. The molecule has 0 atom stereocenters. The number of likely N-dealkylation sites (N-methyl/N-ethyl adjacent to an activating group) is 1. The summed E-state index contributed by atoms with van der Waals surface area (Å²) in [4.78, 5) is 30.5. The Morgan fingerprint density at radius 2 is 1.47 bits per heavy atom. The summed E-state index contributed by atoms with van der Waals surface area (Å²) in [6.07, 6.45) is 0. The molecule has 1 heterocycles. The second kappa shape index (κ2) is 9.10. The van der Waals surface area contributed by atoms with Gasteiger partial charge in [-0.25, -0.2) is 4.90 Å². The van der Waals surface area contributed by atoms with Crippen LogP contribution >= 0.6 is 0 Å². The topological polar surface area (TPSA) is 49.9 Å². The van der Waals surface area contributed by atoms with Crippen molar-refractivity contribution >= 4 is 28.8 Å². The minimum absolute atomic E-state index is 0.326. The van der Waals surface area contributed by atoms with Crippen LogP contribution in [0.4, 0.5) is 11.4 Å². The van der Waals surface area contributed by atoms with Crippen LogP contribution in [0, 0.1) is 6.92 Å². The van der Waals surface area contributed by atoms with Gasteiger partial charge in [0.1, 0.15) is 11.4 Å². The molecule has 0 unspecified atom stereocenters. The van der Waals surface area contributed by atoms with Gasteiger partial charge in [0.15, 0.2) is 0 Å². The zero-order valence-corrected chi connectivity index (χ0v) is 18.5. The first-order valence-corrected chi connectivity index (χ1v) is 10.8. The zero-order valence-electron chi connectivity index (χ0n) is 18.5. The fourth-order valence-electron chi connectivity index (χ4n) is 3.92. The Hall–Kier alpha value is -3.86. The number of carbonyl (C=O) groups excluding carboxylic acids is 2. The van der Waals surface area contributed by atoms with E-state index in [1.165, 1.54) is 4.90 Å². The third-order valence-electron chi connectivity index (χ3n) is 5.46. The monoisotopic (exact) mass is 426 g/mol. The summed E-state index contributed by atoms with van der Waals surface area (Å²) >= 11 is 0. The minimum atomic E-state index is -0.326. The molecule has 1 aliphatic rings. The Bertz CT molecular complexity index is 1150. The molecule has 0 aliphatic carbocycles. The van der Waals surface area contributed by atoms with E-state index in [-0.39, 0.29) is 11.8 Å². The number of amides is 2. The summed E-state index contributed by atoms with van der Waals surface area (Å²) < 4.78 is 5.55. The number of nitrogens with zero attached hydrogens (tertiary/aromatic N) is 2. The number of imide groups is 1. The molecular weight excluding hydrogens is 400 g/mol. The van der Waals surface area contributed by atoms with Crippen molar-refractivity contribution in [2.24, 2.45) is 0 Å². The number of anilines is 2. The maximum Gasteiger partial charge on any atom is 0.282 e. The van der Waals surface area contributed by atoms with Crippen LogP contribution in [0.2, 0.25) is 0 Å². The van der Waals surface area contributed by atoms with Gasteiger partial charge in [0, 0.05) is 12.2 Å². The number of benzene rings is 3. The summed E-state index contributed by atoms with van der Waals surface area (Å²) in [5, 5.41) is 0. The van der Waals surface area contributed by atoms with E-state index in [1.54, 1.807) is 0 Å². The lowest BCUT2D eigenvalue weighted by molar-refractivity contribution is -0.120. The first-order valence-electron chi connectivity index (χ1n) is 10.8. The van der Waals surface area contributed by atoms with Gasteiger partial charge >= 0.3 is 0 Å². The van der Waals surface area contributed by atoms with Gasteiger partial charge in [0.25, 0.3) is 11.8 Å². The average Bonchev–Trinajstić information content (AvgIpc) is 3.07. The minimum Gasteiger partial charge on any atom is -0.494 e. The summed E-state index contributed by atoms with van der Waals surface area (Å²) in [5.41, 5.74) is 3.95. The Labute approximate surface area is 188 Å². The van der Waals surface area contributed by atoms with Crippen molar-refractivity contribution in [1.29, 1.82) is 0 Å². The van der Waals surface area contributed by atoms with Gasteiger partial charge in [-0.05, 0) is 62.7 Å². The molecule has 5 heteroatoms. The number of ether oxygens (including phenoxy) is 1. The van der Waals surface area contributed by atoms with E-state index < -0.39 is 0 Å². The van der Waals surface area contributed by atoms with Gasteiger partial charge < -0.3 is 9.64 Å². The molecule has 0 saturated heterocycles. The van der Waals surface area contributed by atoms with E-state index >= 15 is 0 Å². The van der Waals surface area contributed by atoms with Crippen molar-refractivity contribution < 1.29 is 14.3 Å². The molecular formula is C27H26N2O3. The third-order valence-corrected chi connectivity index (χ3v) is 5.46. The molecule has 32 heavy (non-hydrogen) atoms. The fourth-order valence-corrected chi connectivity index (χ4v) is 3.92. The molecule has 2 amide bonds. The third kappa shape index (κ3) is 3.89. The Morgan fingerprint density at radius 1 is 0.812 bits per heavy atom.